The summed E-state index contributed by atoms with van der Waals surface area (Å²) in [6.45, 7) is -16.0. The largest absolute Gasteiger partial charge is 0.472 e. The number of aliphatic hydroxyl groups is 3. The molecule has 9 saturated heterocycles. The number of aliphatic hydroxyl groups excluding tert-OH is 3. The van der Waals surface area contributed by atoms with Crippen LogP contribution >= 0.6 is 91.2 Å². The van der Waals surface area contributed by atoms with Gasteiger partial charge in [0.2, 0.25) is 17.8 Å². The molecule has 6 bridgehead atoms. The van der Waals surface area contributed by atoms with E-state index in [1.165, 1.54) is 38.8 Å². The number of imidazole rings is 2. The van der Waals surface area contributed by atoms with Gasteiger partial charge in [0, 0.05) is 12.8 Å². The summed E-state index contributed by atoms with van der Waals surface area (Å²) < 4.78 is 160. The Kier molecular flexibility index (Phi) is 25.4. The highest BCUT2D eigenvalue weighted by Gasteiger charge is 2.58. The number of H-pyrrole nitrogens is 3. The zero-order valence-electron chi connectivity index (χ0n) is 66.0. The Morgan fingerprint density at radius 3 is 1.25 bits per heavy atom. The van der Waals surface area contributed by atoms with Crippen LogP contribution in [0.2, 0.25) is 0 Å². The number of phosphoric ester groups is 3. The molecule has 77 heteroatoms. The van der Waals surface area contributed by atoms with Crippen LogP contribution in [-0.2, 0) is 110 Å². The van der Waals surface area contributed by atoms with Gasteiger partial charge in [0.1, 0.15) is 102 Å². The summed E-state index contributed by atoms with van der Waals surface area (Å²) in [4.78, 5) is 134. The zero-order chi connectivity index (χ0) is 93.8. The van der Waals surface area contributed by atoms with Crippen LogP contribution in [0.25, 0.3) is 55.9 Å². The molecule has 0 saturated carbocycles. The van der Waals surface area contributed by atoms with Crippen molar-refractivity contribution in [2.75, 3.05) is 74.0 Å². The predicted octanol–water partition coefficient (Wildman–Crippen LogP) is -3.41. The summed E-state index contributed by atoms with van der Waals surface area (Å²) in [6, 6.07) is 0. The molecule has 12 aromatic heterocycles. The highest BCUT2D eigenvalue weighted by atomic mass is 32.7. The van der Waals surface area contributed by atoms with Crippen molar-refractivity contribution in [3.63, 3.8) is 0 Å². The second kappa shape index (κ2) is 36.0. The average Bonchev–Trinajstić information content (AvgIpc) is 1.60. The maximum absolute atomic E-state index is 15.9. The third kappa shape index (κ3) is 18.7. The molecule has 9 aliphatic rings. The second-order valence-corrected chi connectivity index (χ2v) is 46.4. The van der Waals surface area contributed by atoms with E-state index in [1.807, 2.05) is 0 Å². The number of nitrogens with zero attached hydrogens (tertiary/aromatic N) is 25. The lowest BCUT2D eigenvalue weighted by molar-refractivity contribution is -0.0511. The van der Waals surface area contributed by atoms with E-state index in [0.29, 0.717) is 11.4 Å². The molecule has 714 valence electrons. The fourth-order valence-corrected chi connectivity index (χ4v) is 27.4. The van der Waals surface area contributed by atoms with Crippen LogP contribution in [0.15, 0.2) is 45.8 Å². The molecule has 9 aliphatic heterocycles. The smallest absolute Gasteiger partial charge is 0.389 e. The van der Waals surface area contributed by atoms with E-state index in [2.05, 4.69) is 124 Å². The van der Waals surface area contributed by atoms with E-state index in [0.717, 1.165) is 55.7 Å². The van der Waals surface area contributed by atoms with E-state index in [4.69, 9.17) is 127 Å². The summed E-state index contributed by atoms with van der Waals surface area (Å²) in [5.74, 6) is -0.460. The number of thioether (sulfide) groups is 3. The minimum Gasteiger partial charge on any atom is -0.389 e. The summed E-state index contributed by atoms with van der Waals surface area (Å²) in [5.41, 5.74) is 33.5. The molecule has 12 aromatic rings. The summed E-state index contributed by atoms with van der Waals surface area (Å²) >= 11 is 17.4. The number of anilines is 6. The average molecular weight is 2090 g/mol. The number of hydrogen-bond donors (Lipinski definition) is 18. The Morgan fingerprint density at radius 1 is 0.429 bits per heavy atom. The van der Waals surface area contributed by atoms with Gasteiger partial charge >= 0.3 is 43.7 Å². The topological polar surface area (TPSA) is 897 Å². The van der Waals surface area contributed by atoms with Gasteiger partial charge < -0.3 is 97.4 Å². The summed E-state index contributed by atoms with van der Waals surface area (Å²) in [6.07, 6.45) is -14.9. The van der Waals surface area contributed by atoms with E-state index < -0.39 is 230 Å². The van der Waals surface area contributed by atoms with Gasteiger partial charge in [-0.25, -0.2) is 75.6 Å². The molecule has 6 unspecified atom stereocenters. The Morgan fingerprint density at radius 2 is 0.812 bits per heavy atom. The maximum atomic E-state index is 15.9. The molecule has 9 fully saturated rings. The number of ether oxygens (including phenoxy) is 3. The van der Waals surface area contributed by atoms with Crippen molar-refractivity contribution in [2.45, 2.75) is 143 Å². The molecule has 0 spiro atoms. The molecule has 0 radical (unpaired) electrons. The van der Waals surface area contributed by atoms with Crippen molar-refractivity contribution in [3.8, 4) is 0 Å². The molecule has 23 N–H and O–H groups in total. The fraction of sp³-hybridized carbons (Fsp3) is 0.536. The lowest BCUT2D eigenvalue weighted by atomic mass is 10.1. The molecule has 21 rings (SSSR count). The number of halogens is 1. The van der Waals surface area contributed by atoms with Crippen LogP contribution in [0.5, 0.6) is 0 Å². The standard InChI is InChI=1S/2C19H23N11O10P2S2.C18H21FN12O10P2S2/c2*20-14-16-22-2-6(29(16)24-5-23-14)7-1-8-9(38-7)3-37-42(35,43)40-13-12(31)10(4-36-41(33,34)39-8)44-18(13)30-15-11(27-28-30)17(32)26-19(21)25-15;19-6-10-4(39-16(6)30-13-7(26-28-30)12(20)22-3-23-13)1-38-43(36,44)41-11-9(32)5(2-37-42(34,35)40-10)45-17(11)31-14-8(27-29-31)15(33)25-18(21)24-14/h2*2,5,7-10,12-13,18,31H,1,3-4H2,(H,33,34)(H,35,43)(H2,20,23,24)(H3,21,25,26,32);3-6,9-11,16-17,32H,1-2H2,(H,34,35)(H,36,44)(H2,20,22,23)(H3,21,24,25,33)/t2*7-,8+,9-,10-,12-,13-,18-,42?;4-,5-,6+,9-,10-,11-,16-,17-,43?/m111/s1. The Bertz CT molecular complexity index is 6790. The van der Waals surface area contributed by atoms with Crippen LogP contribution in [0.1, 0.15) is 58.8 Å². The monoisotopic (exact) mass is 2090 g/mol. The van der Waals surface area contributed by atoms with Crippen molar-refractivity contribution in [1.29, 1.82) is 0 Å². The van der Waals surface area contributed by atoms with Gasteiger partial charge in [0.05, 0.1) is 97.5 Å². The van der Waals surface area contributed by atoms with Gasteiger partial charge in [-0.15, -0.1) is 55.7 Å². The first-order valence-electron chi connectivity index (χ1n) is 38.2. The lowest BCUT2D eigenvalue weighted by Gasteiger charge is -2.27. The van der Waals surface area contributed by atoms with Crippen LogP contribution in [0.4, 0.5) is 39.7 Å². The number of hydrogen-bond acceptors (Lipinski definition) is 55. The highest BCUT2D eigenvalue weighted by molar-refractivity contribution is 8.44. The van der Waals surface area contributed by atoms with Gasteiger partial charge in [-0.05, 0) is 23.6 Å². The molecule has 28 atom stereocenters. The molecule has 64 nitrogen and oxygen atoms in total. The number of nitrogen functional groups attached to an aromatic ring is 6. The zero-order valence-corrected chi connectivity index (χ0v) is 76.3. The number of aromatic nitrogens is 28. The molecule has 21 heterocycles. The molecule has 0 aromatic carbocycles. The van der Waals surface area contributed by atoms with Crippen LogP contribution in [-0.4, -0.2) is 314 Å². The number of nitrogens with one attached hydrogen (secondary N) is 3. The molecule has 0 aliphatic carbocycles. The quantitative estimate of drug-likeness (QED) is 0.0570. The van der Waals surface area contributed by atoms with Gasteiger partial charge in [-0.2, -0.15) is 29.8 Å². The number of nitrogens with two attached hydrogens (primary N) is 6. The lowest BCUT2D eigenvalue weighted by Crippen LogP contribution is -2.35. The van der Waals surface area contributed by atoms with Crippen molar-refractivity contribution in [2.24, 2.45) is 0 Å². The second-order valence-electron chi connectivity index (χ2n) is 29.7. The van der Waals surface area contributed by atoms with Crippen molar-refractivity contribution in [1.82, 2.24) is 139 Å². The summed E-state index contributed by atoms with van der Waals surface area (Å²) in [5, 5.41) is 66.7. The molecule has 0 amide bonds. The summed E-state index contributed by atoms with van der Waals surface area (Å²) in [7, 11) is -14.6. The minimum absolute atomic E-state index is 0.00332. The Hall–Kier alpha value is -8.15. The molecular formula is C56H67FN34O30P6S6. The van der Waals surface area contributed by atoms with Crippen LogP contribution in [0, 0.1) is 0 Å². The number of aromatic amines is 3. The van der Waals surface area contributed by atoms with Gasteiger partial charge in [-0.1, -0.05) is 33.1 Å². The first-order chi connectivity index (χ1) is 63.1. The van der Waals surface area contributed by atoms with E-state index in [9.17, 15) is 72.4 Å². The maximum Gasteiger partial charge on any atom is 0.472 e. The number of rotatable bonds is 6. The number of fused-ring (bicyclic) bond motifs is 15. The highest BCUT2D eigenvalue weighted by Crippen LogP contribution is 2.63. The van der Waals surface area contributed by atoms with Crippen LogP contribution < -0.4 is 51.1 Å². The number of thiol groups is 1. The SMILES string of the molecule is Nc1nc2c(nnn2[C@@H]2S[C@@H]3COP(=O)(O)O[C@H]4C[C@H](c5cnc6c(N)ncnn56)O[C@@H]4COP(=O)(S)O[C@@H]2[C@@H]3O)c(=O)[nH]1.Nc1nc2c(nnn2[C@@H]2S[C@@H]3COP(=O)(O)O[C@H]4C[C@H](c5cnc6c(N)ncnn56)O[C@@H]4COP(O)(=S)O[C@@H]2[C@@H]3O)c(=O)[nH]1.Nc1nc2c(nnn2[C@@H]2S[C@@H]3COP(=O)(O)O[C@H]4[C@H](F)[C@H](n5nnc6c(N)ncnc65)O[C@@H]4COP(O)(=S)O[C@@H]2[C@@H]3O)c(=O)[nH]1. The Balaban J connectivity index is 0.000000129. The number of phosphoric acid groups is 3. The first kappa shape index (κ1) is 93.8. The van der Waals surface area contributed by atoms with Gasteiger partial charge in [0.15, 0.2) is 85.8 Å². The minimum atomic E-state index is -5.06. The third-order valence-electron chi connectivity index (χ3n) is 21.3. The Labute approximate surface area is 762 Å². The van der Waals surface area contributed by atoms with Crippen molar-refractivity contribution < 1.29 is 131 Å². The van der Waals surface area contributed by atoms with E-state index >= 15 is 4.39 Å². The number of alkyl halides is 1. The van der Waals surface area contributed by atoms with Crippen molar-refractivity contribution in [3.05, 3.63) is 73.8 Å². The predicted molar refractivity (Wildman–Crippen MR) is 456 cm³/mol. The van der Waals surface area contributed by atoms with E-state index in [-0.39, 0.29) is 104 Å². The van der Waals surface area contributed by atoms with Gasteiger partial charge in [0.25, 0.3) is 16.7 Å². The van der Waals surface area contributed by atoms with Crippen molar-refractivity contribution >= 4 is 206 Å². The first-order valence-corrected chi connectivity index (χ1v) is 53.4. The molecule has 133 heavy (non-hydrogen) atoms. The third-order valence-corrected chi connectivity index (χ3v) is 33.5. The van der Waals surface area contributed by atoms with Gasteiger partial charge in [-0.3, -0.25) is 74.6 Å². The van der Waals surface area contributed by atoms with Crippen LogP contribution in [0.3, 0.4) is 0 Å². The van der Waals surface area contributed by atoms with E-state index in [1.54, 1.807) is 0 Å². The fourth-order valence-electron chi connectivity index (χ4n) is 15.3. The molecular weight excluding hydrogens is 2030 g/mol. The normalized spacial score (nSPS) is 36.9.